The number of hydrogen-bond donors (Lipinski definition) is 1. The van der Waals surface area contributed by atoms with Crippen LogP contribution in [0.5, 0.6) is 0 Å². The SMILES string of the molecule is CCNCCC1CCN(Cc2ccccc2)CC1. The van der Waals surface area contributed by atoms with E-state index in [1.807, 2.05) is 0 Å². The van der Waals surface area contributed by atoms with Gasteiger partial charge in [-0.15, -0.1) is 0 Å². The fourth-order valence-corrected chi connectivity index (χ4v) is 2.76. The fourth-order valence-electron chi connectivity index (χ4n) is 2.76. The molecule has 1 fully saturated rings. The van der Waals surface area contributed by atoms with E-state index in [1.165, 1.54) is 44.5 Å². The highest BCUT2D eigenvalue weighted by atomic mass is 15.1. The van der Waals surface area contributed by atoms with Crippen LogP contribution in [0, 0.1) is 5.92 Å². The number of piperidine rings is 1. The molecule has 0 amide bonds. The molecule has 1 aliphatic rings. The third-order valence-corrected chi connectivity index (χ3v) is 3.94. The van der Waals surface area contributed by atoms with Gasteiger partial charge in [0.2, 0.25) is 0 Å². The van der Waals surface area contributed by atoms with E-state index >= 15 is 0 Å². The van der Waals surface area contributed by atoms with Crippen molar-refractivity contribution in [2.45, 2.75) is 32.7 Å². The molecular formula is C16H26N2. The minimum Gasteiger partial charge on any atom is -0.317 e. The smallest absolute Gasteiger partial charge is 0.0233 e. The first-order chi connectivity index (χ1) is 8.88. The summed E-state index contributed by atoms with van der Waals surface area (Å²) < 4.78 is 0. The van der Waals surface area contributed by atoms with Crippen molar-refractivity contribution in [3.8, 4) is 0 Å². The zero-order valence-electron chi connectivity index (χ0n) is 11.6. The van der Waals surface area contributed by atoms with Gasteiger partial charge in [-0.25, -0.2) is 0 Å². The lowest BCUT2D eigenvalue weighted by Crippen LogP contribution is -2.34. The summed E-state index contributed by atoms with van der Waals surface area (Å²) in [6, 6.07) is 10.8. The predicted molar refractivity (Wildman–Crippen MR) is 77.6 cm³/mol. The summed E-state index contributed by atoms with van der Waals surface area (Å²) in [6.07, 6.45) is 4.10. The van der Waals surface area contributed by atoms with Crippen LogP contribution in [-0.4, -0.2) is 31.1 Å². The van der Waals surface area contributed by atoms with Crippen molar-refractivity contribution in [2.24, 2.45) is 5.92 Å². The Morgan fingerprint density at radius 3 is 2.56 bits per heavy atom. The minimum atomic E-state index is 0.941. The van der Waals surface area contributed by atoms with Gasteiger partial charge in [0.1, 0.15) is 0 Å². The van der Waals surface area contributed by atoms with E-state index in [0.717, 1.165) is 19.0 Å². The van der Waals surface area contributed by atoms with Crippen LogP contribution in [0.25, 0.3) is 0 Å². The molecule has 0 aliphatic carbocycles. The number of nitrogens with one attached hydrogen (secondary N) is 1. The zero-order chi connectivity index (χ0) is 12.6. The van der Waals surface area contributed by atoms with Crippen molar-refractivity contribution in [3.05, 3.63) is 35.9 Å². The number of hydrogen-bond acceptors (Lipinski definition) is 2. The van der Waals surface area contributed by atoms with Gasteiger partial charge >= 0.3 is 0 Å². The third-order valence-electron chi connectivity index (χ3n) is 3.94. The molecule has 0 spiro atoms. The monoisotopic (exact) mass is 246 g/mol. The van der Waals surface area contributed by atoms with Crippen LogP contribution < -0.4 is 5.32 Å². The molecule has 1 aromatic rings. The molecule has 0 bridgehead atoms. The molecule has 1 aliphatic heterocycles. The highest BCUT2D eigenvalue weighted by molar-refractivity contribution is 5.14. The third kappa shape index (κ3) is 4.43. The second kappa shape index (κ2) is 7.55. The summed E-state index contributed by atoms with van der Waals surface area (Å²) in [4.78, 5) is 2.60. The summed E-state index contributed by atoms with van der Waals surface area (Å²) in [5.74, 6) is 0.941. The van der Waals surface area contributed by atoms with Gasteiger partial charge in [0, 0.05) is 6.54 Å². The van der Waals surface area contributed by atoms with Crippen LogP contribution in [0.2, 0.25) is 0 Å². The summed E-state index contributed by atoms with van der Waals surface area (Å²) in [7, 11) is 0. The molecule has 100 valence electrons. The normalized spacial score (nSPS) is 18.1. The van der Waals surface area contributed by atoms with E-state index in [-0.39, 0.29) is 0 Å². The van der Waals surface area contributed by atoms with Gasteiger partial charge in [-0.2, -0.15) is 0 Å². The second-order valence-corrected chi connectivity index (χ2v) is 5.35. The van der Waals surface area contributed by atoms with Crippen LogP contribution in [0.3, 0.4) is 0 Å². The maximum absolute atomic E-state index is 3.43. The summed E-state index contributed by atoms with van der Waals surface area (Å²) in [5, 5.41) is 3.43. The van der Waals surface area contributed by atoms with Gasteiger partial charge in [-0.3, -0.25) is 4.90 Å². The number of rotatable bonds is 6. The standard InChI is InChI=1S/C16H26N2/c1-2-17-11-8-15-9-12-18(13-10-15)14-16-6-4-3-5-7-16/h3-7,15,17H,2,8-14H2,1H3. The zero-order valence-corrected chi connectivity index (χ0v) is 11.6. The summed E-state index contributed by atoms with van der Waals surface area (Å²) in [6.45, 7) is 8.15. The van der Waals surface area contributed by atoms with Crippen molar-refractivity contribution in [1.82, 2.24) is 10.2 Å². The number of likely N-dealkylation sites (tertiary alicyclic amines) is 1. The number of nitrogens with zero attached hydrogens (tertiary/aromatic N) is 1. The molecule has 1 aromatic carbocycles. The van der Waals surface area contributed by atoms with Crippen LogP contribution in [0.1, 0.15) is 31.7 Å². The van der Waals surface area contributed by atoms with Gasteiger partial charge in [-0.1, -0.05) is 37.3 Å². The molecule has 0 saturated carbocycles. The van der Waals surface area contributed by atoms with Crippen LogP contribution in [-0.2, 0) is 6.54 Å². The van der Waals surface area contributed by atoms with Crippen LogP contribution >= 0.6 is 0 Å². The summed E-state index contributed by atoms with van der Waals surface area (Å²) in [5.41, 5.74) is 1.45. The van der Waals surface area contributed by atoms with E-state index in [1.54, 1.807) is 0 Å². The molecule has 2 rings (SSSR count). The Morgan fingerprint density at radius 1 is 1.17 bits per heavy atom. The van der Waals surface area contributed by atoms with Crippen molar-refractivity contribution >= 4 is 0 Å². The van der Waals surface area contributed by atoms with Crippen molar-refractivity contribution in [1.29, 1.82) is 0 Å². The highest BCUT2D eigenvalue weighted by Gasteiger charge is 2.18. The van der Waals surface area contributed by atoms with Gasteiger partial charge < -0.3 is 5.32 Å². The Hall–Kier alpha value is -0.860. The Morgan fingerprint density at radius 2 is 1.89 bits per heavy atom. The molecule has 0 atom stereocenters. The average Bonchev–Trinajstić information content (AvgIpc) is 2.42. The molecule has 1 saturated heterocycles. The maximum Gasteiger partial charge on any atom is 0.0233 e. The Bertz CT molecular complexity index is 315. The topological polar surface area (TPSA) is 15.3 Å². The molecule has 18 heavy (non-hydrogen) atoms. The Balaban J connectivity index is 1.67. The largest absolute Gasteiger partial charge is 0.317 e. The average molecular weight is 246 g/mol. The maximum atomic E-state index is 3.43. The van der Waals surface area contributed by atoms with Gasteiger partial charge in [0.15, 0.2) is 0 Å². The van der Waals surface area contributed by atoms with Crippen LogP contribution in [0.4, 0.5) is 0 Å². The molecule has 1 heterocycles. The molecular weight excluding hydrogens is 220 g/mol. The van der Waals surface area contributed by atoms with Crippen molar-refractivity contribution < 1.29 is 0 Å². The first-order valence-electron chi connectivity index (χ1n) is 7.35. The number of benzene rings is 1. The van der Waals surface area contributed by atoms with Gasteiger partial charge in [-0.05, 0) is 56.9 Å². The Kier molecular flexibility index (Phi) is 5.69. The lowest BCUT2D eigenvalue weighted by Gasteiger charge is -2.32. The molecule has 2 heteroatoms. The fraction of sp³-hybridized carbons (Fsp3) is 0.625. The second-order valence-electron chi connectivity index (χ2n) is 5.35. The minimum absolute atomic E-state index is 0.941. The molecule has 2 nitrogen and oxygen atoms in total. The van der Waals surface area contributed by atoms with E-state index in [2.05, 4.69) is 47.5 Å². The van der Waals surface area contributed by atoms with Crippen molar-refractivity contribution in [3.63, 3.8) is 0 Å². The van der Waals surface area contributed by atoms with Crippen molar-refractivity contribution in [2.75, 3.05) is 26.2 Å². The quantitative estimate of drug-likeness (QED) is 0.776. The molecule has 0 aromatic heterocycles. The summed E-state index contributed by atoms with van der Waals surface area (Å²) >= 11 is 0. The first-order valence-corrected chi connectivity index (χ1v) is 7.35. The first kappa shape index (κ1) is 13.6. The lowest BCUT2D eigenvalue weighted by atomic mass is 9.93. The van der Waals surface area contributed by atoms with E-state index in [0.29, 0.717) is 0 Å². The molecule has 0 radical (unpaired) electrons. The van der Waals surface area contributed by atoms with Gasteiger partial charge in [0.05, 0.1) is 0 Å². The van der Waals surface area contributed by atoms with E-state index in [9.17, 15) is 0 Å². The van der Waals surface area contributed by atoms with Gasteiger partial charge in [0.25, 0.3) is 0 Å². The predicted octanol–water partition coefficient (Wildman–Crippen LogP) is 2.90. The Labute approximate surface area is 111 Å². The van der Waals surface area contributed by atoms with E-state index in [4.69, 9.17) is 0 Å². The molecule has 0 unspecified atom stereocenters. The highest BCUT2D eigenvalue weighted by Crippen LogP contribution is 2.21. The lowest BCUT2D eigenvalue weighted by molar-refractivity contribution is 0.172. The van der Waals surface area contributed by atoms with E-state index < -0.39 is 0 Å². The molecule has 1 N–H and O–H groups in total. The van der Waals surface area contributed by atoms with Crippen LogP contribution in [0.15, 0.2) is 30.3 Å².